The minimum Gasteiger partial charge on any atom is -0.481 e. The van der Waals surface area contributed by atoms with E-state index in [1.54, 1.807) is 35.2 Å². The first-order valence-corrected chi connectivity index (χ1v) is 8.43. The summed E-state index contributed by atoms with van der Waals surface area (Å²) in [5.41, 5.74) is 1.74. The first kappa shape index (κ1) is 17.7. The molecular weight excluding hydrogens is 336 g/mol. The number of rotatable bonds is 4. The fourth-order valence-electron chi connectivity index (χ4n) is 3.03. The van der Waals surface area contributed by atoms with Gasteiger partial charge in [-0.15, -0.1) is 0 Å². The van der Waals surface area contributed by atoms with E-state index in [1.165, 1.54) is 6.26 Å². The number of nitrogens with zero attached hydrogens (tertiary/aromatic N) is 1. The largest absolute Gasteiger partial charge is 0.481 e. The summed E-state index contributed by atoms with van der Waals surface area (Å²) in [5.74, 6) is -1.85. The predicted octanol–water partition coefficient (Wildman–Crippen LogP) is 2.78. The van der Waals surface area contributed by atoms with Gasteiger partial charge in [-0.3, -0.25) is 14.4 Å². The predicted molar refractivity (Wildman–Crippen MR) is 94.1 cm³/mol. The van der Waals surface area contributed by atoms with Gasteiger partial charge in [0.2, 0.25) is 0 Å². The first-order valence-electron chi connectivity index (χ1n) is 8.43. The summed E-state index contributed by atoms with van der Waals surface area (Å²) in [6.45, 7) is 2.56. The molecule has 1 saturated heterocycles. The maximum absolute atomic E-state index is 12.7. The van der Waals surface area contributed by atoms with E-state index in [1.807, 2.05) is 6.92 Å². The minimum absolute atomic E-state index is 0.182. The Hall–Kier alpha value is -3.09. The van der Waals surface area contributed by atoms with Crippen molar-refractivity contribution in [3.05, 3.63) is 53.5 Å². The highest BCUT2D eigenvalue weighted by Crippen LogP contribution is 2.22. The van der Waals surface area contributed by atoms with Crippen LogP contribution in [0.2, 0.25) is 0 Å². The van der Waals surface area contributed by atoms with E-state index in [9.17, 15) is 19.5 Å². The standard InChI is InChI=1S/C19H20N2O5/c1-12-6-7-13(10-15(12)20-17(22)16-5-3-9-26-16)18(23)21-8-2-4-14(11-21)19(24)25/h3,5-7,9-10,14H,2,4,8,11H2,1H3,(H,20,22)(H,24,25). The van der Waals surface area contributed by atoms with Crippen LogP contribution in [0.5, 0.6) is 0 Å². The number of aryl methyl sites for hydroxylation is 1. The number of nitrogens with one attached hydrogen (secondary N) is 1. The number of likely N-dealkylation sites (tertiary alicyclic amines) is 1. The van der Waals surface area contributed by atoms with Gasteiger partial charge in [0, 0.05) is 24.3 Å². The van der Waals surface area contributed by atoms with E-state index in [0.717, 1.165) is 5.56 Å². The average molecular weight is 356 g/mol. The highest BCUT2D eigenvalue weighted by atomic mass is 16.4. The monoisotopic (exact) mass is 356 g/mol. The van der Waals surface area contributed by atoms with E-state index in [0.29, 0.717) is 30.6 Å². The summed E-state index contributed by atoms with van der Waals surface area (Å²) < 4.78 is 5.07. The lowest BCUT2D eigenvalue weighted by Crippen LogP contribution is -2.42. The lowest BCUT2D eigenvalue weighted by atomic mass is 9.97. The molecule has 0 spiro atoms. The number of piperidine rings is 1. The second kappa shape index (κ2) is 7.43. The van der Waals surface area contributed by atoms with Gasteiger partial charge in [0.05, 0.1) is 12.2 Å². The van der Waals surface area contributed by atoms with Crippen LogP contribution in [-0.4, -0.2) is 40.9 Å². The number of hydrogen-bond acceptors (Lipinski definition) is 4. The quantitative estimate of drug-likeness (QED) is 0.877. The molecular formula is C19H20N2O5. The molecule has 1 aliphatic heterocycles. The minimum atomic E-state index is -0.877. The maximum Gasteiger partial charge on any atom is 0.308 e. The van der Waals surface area contributed by atoms with Gasteiger partial charge in [-0.05, 0) is 49.6 Å². The van der Waals surface area contributed by atoms with E-state index in [4.69, 9.17) is 4.42 Å². The number of anilines is 1. The summed E-state index contributed by atoms with van der Waals surface area (Å²) in [6, 6.07) is 8.23. The summed E-state index contributed by atoms with van der Waals surface area (Å²) in [5, 5.41) is 11.9. The van der Waals surface area contributed by atoms with Crippen molar-refractivity contribution in [2.75, 3.05) is 18.4 Å². The zero-order valence-corrected chi connectivity index (χ0v) is 14.4. The molecule has 1 aromatic carbocycles. The normalized spacial score (nSPS) is 17.0. The van der Waals surface area contributed by atoms with Crippen LogP contribution in [0.4, 0.5) is 5.69 Å². The third-order valence-corrected chi connectivity index (χ3v) is 4.54. The molecule has 7 heteroatoms. The number of hydrogen-bond donors (Lipinski definition) is 2. The van der Waals surface area contributed by atoms with Crippen LogP contribution in [-0.2, 0) is 4.79 Å². The van der Waals surface area contributed by atoms with Crippen molar-refractivity contribution in [1.29, 1.82) is 0 Å². The van der Waals surface area contributed by atoms with Gasteiger partial charge in [-0.25, -0.2) is 0 Å². The van der Waals surface area contributed by atoms with Crippen LogP contribution in [0.3, 0.4) is 0 Å². The fraction of sp³-hybridized carbons (Fsp3) is 0.316. The average Bonchev–Trinajstić information content (AvgIpc) is 3.18. The molecule has 2 heterocycles. The third kappa shape index (κ3) is 3.77. The Kier molecular flexibility index (Phi) is 5.06. The highest BCUT2D eigenvalue weighted by Gasteiger charge is 2.28. The smallest absolute Gasteiger partial charge is 0.308 e. The molecule has 0 radical (unpaired) electrons. The van der Waals surface area contributed by atoms with Crippen molar-refractivity contribution in [2.24, 2.45) is 5.92 Å². The van der Waals surface area contributed by atoms with Crippen LogP contribution in [0.15, 0.2) is 41.0 Å². The Labute approximate surface area is 150 Å². The number of carbonyl (C=O) groups excluding carboxylic acids is 2. The maximum atomic E-state index is 12.7. The molecule has 0 bridgehead atoms. The Morgan fingerprint density at radius 3 is 2.77 bits per heavy atom. The van der Waals surface area contributed by atoms with Crippen LogP contribution in [0.1, 0.15) is 39.3 Å². The van der Waals surface area contributed by atoms with E-state index in [-0.39, 0.29) is 18.2 Å². The van der Waals surface area contributed by atoms with Crippen molar-refractivity contribution in [3.8, 4) is 0 Å². The number of aliphatic carboxylic acids is 1. The molecule has 2 aromatic rings. The lowest BCUT2D eigenvalue weighted by Gasteiger charge is -2.31. The SMILES string of the molecule is Cc1ccc(C(=O)N2CCCC(C(=O)O)C2)cc1NC(=O)c1ccco1. The van der Waals surface area contributed by atoms with Gasteiger partial charge in [0.1, 0.15) is 0 Å². The van der Waals surface area contributed by atoms with E-state index >= 15 is 0 Å². The van der Waals surface area contributed by atoms with Crippen molar-refractivity contribution in [1.82, 2.24) is 4.90 Å². The summed E-state index contributed by atoms with van der Waals surface area (Å²) >= 11 is 0. The van der Waals surface area contributed by atoms with Gasteiger partial charge >= 0.3 is 5.97 Å². The summed E-state index contributed by atoms with van der Waals surface area (Å²) in [6.07, 6.45) is 2.66. The number of carboxylic acids is 1. The second-order valence-electron chi connectivity index (χ2n) is 6.39. The summed E-state index contributed by atoms with van der Waals surface area (Å²) in [7, 11) is 0. The number of carbonyl (C=O) groups is 3. The summed E-state index contributed by atoms with van der Waals surface area (Å²) in [4.78, 5) is 37.7. The molecule has 3 rings (SSSR count). The Morgan fingerprint density at radius 2 is 2.08 bits per heavy atom. The van der Waals surface area contributed by atoms with Gasteiger partial charge in [0.15, 0.2) is 5.76 Å². The lowest BCUT2D eigenvalue weighted by molar-refractivity contribution is -0.143. The molecule has 0 aliphatic carbocycles. The Balaban J connectivity index is 1.77. The molecule has 7 nitrogen and oxygen atoms in total. The van der Waals surface area contributed by atoms with Crippen LogP contribution in [0.25, 0.3) is 0 Å². The van der Waals surface area contributed by atoms with Crippen LogP contribution in [0, 0.1) is 12.8 Å². The van der Waals surface area contributed by atoms with Gasteiger partial charge in [0.25, 0.3) is 11.8 Å². The van der Waals surface area contributed by atoms with E-state index in [2.05, 4.69) is 5.32 Å². The van der Waals surface area contributed by atoms with Crippen LogP contribution >= 0.6 is 0 Å². The molecule has 2 amide bonds. The van der Waals surface area contributed by atoms with E-state index < -0.39 is 17.8 Å². The molecule has 26 heavy (non-hydrogen) atoms. The van der Waals surface area contributed by atoms with Crippen LogP contribution < -0.4 is 5.32 Å². The van der Waals surface area contributed by atoms with Gasteiger partial charge in [-0.2, -0.15) is 0 Å². The molecule has 1 aromatic heterocycles. The molecule has 2 N–H and O–H groups in total. The first-order chi connectivity index (χ1) is 12.5. The van der Waals surface area contributed by atoms with Crippen molar-refractivity contribution in [2.45, 2.75) is 19.8 Å². The highest BCUT2D eigenvalue weighted by molar-refractivity contribution is 6.04. The molecule has 1 unspecified atom stereocenters. The fourth-order valence-corrected chi connectivity index (χ4v) is 3.03. The zero-order chi connectivity index (χ0) is 18.7. The number of amides is 2. The molecule has 1 fully saturated rings. The van der Waals surface area contributed by atoms with Gasteiger partial charge in [-0.1, -0.05) is 6.07 Å². The number of furan rings is 1. The second-order valence-corrected chi connectivity index (χ2v) is 6.39. The van der Waals surface area contributed by atoms with Crippen molar-refractivity contribution >= 4 is 23.5 Å². The molecule has 0 saturated carbocycles. The van der Waals surface area contributed by atoms with Gasteiger partial charge < -0.3 is 19.7 Å². The molecule has 1 atom stereocenters. The Bertz CT molecular complexity index is 828. The van der Waals surface area contributed by atoms with Crippen molar-refractivity contribution in [3.63, 3.8) is 0 Å². The topological polar surface area (TPSA) is 99.9 Å². The Morgan fingerprint density at radius 1 is 1.27 bits per heavy atom. The zero-order valence-electron chi connectivity index (χ0n) is 14.4. The number of benzene rings is 1. The molecule has 136 valence electrons. The number of carboxylic acid groups (broad SMARTS) is 1. The third-order valence-electron chi connectivity index (χ3n) is 4.54. The van der Waals surface area contributed by atoms with Crippen molar-refractivity contribution < 1.29 is 23.9 Å². The molecule has 1 aliphatic rings.